The molecular weight excluding hydrogens is 444 g/mol. The fourth-order valence-electron chi connectivity index (χ4n) is 4.21. The predicted octanol–water partition coefficient (Wildman–Crippen LogP) is 2.18. The van der Waals surface area contributed by atoms with Crippen LogP contribution in [0.25, 0.3) is 0 Å². The Labute approximate surface area is 207 Å². The van der Waals surface area contributed by atoms with Gasteiger partial charge < -0.3 is 19.4 Å². The number of carbonyl (C=O) groups excluding carboxylic acids is 3. The summed E-state index contributed by atoms with van der Waals surface area (Å²) in [6.45, 7) is 6.22. The van der Waals surface area contributed by atoms with Crippen molar-refractivity contribution in [2.75, 3.05) is 45.9 Å². The maximum atomic E-state index is 13.1. The van der Waals surface area contributed by atoms with E-state index in [0.29, 0.717) is 45.4 Å². The van der Waals surface area contributed by atoms with Gasteiger partial charge in [-0.2, -0.15) is 0 Å². The molecule has 0 unspecified atom stereocenters. The van der Waals surface area contributed by atoms with Crippen LogP contribution in [0.15, 0.2) is 54.9 Å². The summed E-state index contributed by atoms with van der Waals surface area (Å²) in [7, 11) is 0. The summed E-state index contributed by atoms with van der Waals surface area (Å²) in [4.78, 5) is 47.7. The number of aromatic nitrogens is 1. The van der Waals surface area contributed by atoms with Gasteiger partial charge in [-0.15, -0.1) is 0 Å². The van der Waals surface area contributed by atoms with Crippen molar-refractivity contribution in [2.45, 2.75) is 39.2 Å². The van der Waals surface area contributed by atoms with E-state index in [1.165, 1.54) is 0 Å². The monoisotopic (exact) mass is 480 g/mol. The van der Waals surface area contributed by atoms with Gasteiger partial charge in [0.15, 0.2) is 0 Å². The number of pyridine rings is 1. The molecule has 1 aliphatic heterocycles. The molecule has 1 atom stereocenters. The summed E-state index contributed by atoms with van der Waals surface area (Å²) in [5.41, 5.74) is 2.17. The molecule has 0 radical (unpaired) electrons. The molecule has 1 aliphatic rings. The van der Waals surface area contributed by atoms with Gasteiger partial charge in [0.1, 0.15) is 6.61 Å². The van der Waals surface area contributed by atoms with Crippen LogP contribution in [0.2, 0.25) is 0 Å². The van der Waals surface area contributed by atoms with Gasteiger partial charge in [0.2, 0.25) is 17.7 Å². The highest BCUT2D eigenvalue weighted by Crippen LogP contribution is 2.13. The van der Waals surface area contributed by atoms with Crippen molar-refractivity contribution in [1.29, 1.82) is 0 Å². The molecule has 0 saturated carbocycles. The third kappa shape index (κ3) is 8.17. The molecule has 1 saturated heterocycles. The van der Waals surface area contributed by atoms with Crippen LogP contribution >= 0.6 is 0 Å². The third-order valence-corrected chi connectivity index (χ3v) is 6.33. The number of likely N-dealkylation sites (N-methyl/N-ethyl adjacent to an activating group) is 1. The molecule has 1 fully saturated rings. The van der Waals surface area contributed by atoms with E-state index in [9.17, 15) is 14.4 Å². The molecule has 2 heterocycles. The second kappa shape index (κ2) is 13.6. The lowest BCUT2D eigenvalue weighted by Crippen LogP contribution is -2.41. The second-order valence-electron chi connectivity index (χ2n) is 8.70. The van der Waals surface area contributed by atoms with Crippen molar-refractivity contribution >= 4 is 17.7 Å². The summed E-state index contributed by atoms with van der Waals surface area (Å²) in [6, 6.07) is 13.8. The first-order valence-corrected chi connectivity index (χ1v) is 12.4. The minimum absolute atomic E-state index is 0.0216. The van der Waals surface area contributed by atoms with E-state index >= 15 is 0 Å². The van der Waals surface area contributed by atoms with E-state index in [1.807, 2.05) is 56.3 Å². The van der Waals surface area contributed by atoms with Gasteiger partial charge in [-0.3, -0.25) is 19.4 Å². The number of aryl methyl sites for hydroxylation is 1. The zero-order chi connectivity index (χ0) is 25.0. The third-order valence-electron chi connectivity index (χ3n) is 6.33. The van der Waals surface area contributed by atoms with Crippen molar-refractivity contribution in [3.05, 3.63) is 66.0 Å². The summed E-state index contributed by atoms with van der Waals surface area (Å²) >= 11 is 0. The number of benzene rings is 1. The molecule has 3 amide bonds. The van der Waals surface area contributed by atoms with Gasteiger partial charge in [-0.05, 0) is 49.9 Å². The Balaban J connectivity index is 1.66. The van der Waals surface area contributed by atoms with E-state index < -0.39 is 6.10 Å². The normalized spacial score (nSPS) is 16.2. The van der Waals surface area contributed by atoms with Gasteiger partial charge in [0.05, 0.1) is 12.6 Å². The van der Waals surface area contributed by atoms with Gasteiger partial charge in [0.25, 0.3) is 0 Å². The van der Waals surface area contributed by atoms with E-state index in [-0.39, 0.29) is 37.4 Å². The maximum Gasteiger partial charge on any atom is 0.248 e. The second-order valence-corrected chi connectivity index (χ2v) is 8.70. The molecule has 8 nitrogen and oxygen atoms in total. The molecule has 0 spiro atoms. The molecule has 35 heavy (non-hydrogen) atoms. The molecule has 0 aliphatic carbocycles. The van der Waals surface area contributed by atoms with E-state index in [2.05, 4.69) is 4.98 Å². The number of nitrogens with zero attached hydrogens (tertiary/aromatic N) is 4. The van der Waals surface area contributed by atoms with E-state index in [4.69, 9.17) is 4.74 Å². The van der Waals surface area contributed by atoms with Gasteiger partial charge in [0, 0.05) is 51.5 Å². The highest BCUT2D eigenvalue weighted by atomic mass is 16.5. The molecular formula is C27H36N4O4. The van der Waals surface area contributed by atoms with E-state index in [0.717, 1.165) is 11.1 Å². The van der Waals surface area contributed by atoms with Gasteiger partial charge >= 0.3 is 0 Å². The van der Waals surface area contributed by atoms with Crippen LogP contribution in [0.1, 0.15) is 31.4 Å². The van der Waals surface area contributed by atoms with Crippen molar-refractivity contribution in [2.24, 2.45) is 0 Å². The Morgan fingerprint density at radius 2 is 1.69 bits per heavy atom. The number of hydrogen-bond acceptors (Lipinski definition) is 5. The number of ether oxygens (including phenoxy) is 1. The average molecular weight is 481 g/mol. The lowest BCUT2D eigenvalue weighted by Gasteiger charge is -2.26. The van der Waals surface area contributed by atoms with Crippen molar-refractivity contribution < 1.29 is 19.1 Å². The molecule has 0 bridgehead atoms. The minimum atomic E-state index is -0.429. The topological polar surface area (TPSA) is 83.0 Å². The molecule has 1 aromatic heterocycles. The molecule has 1 aromatic carbocycles. The minimum Gasteiger partial charge on any atom is -0.365 e. The Hall–Kier alpha value is -3.26. The number of hydrogen-bond donors (Lipinski definition) is 0. The van der Waals surface area contributed by atoms with Crippen LogP contribution in [-0.2, 0) is 32.0 Å². The van der Waals surface area contributed by atoms with Gasteiger partial charge in [-0.25, -0.2) is 0 Å². The number of amides is 3. The standard InChI is InChI=1S/C27H36N4O4/c1-3-29(4-2)27(34)21-35-24-18-30(17-14-22-8-6-5-7-9-22)26(33)20-31(19-24)25(32)11-10-23-12-15-28-16-13-23/h5-9,12-13,15-16,24H,3-4,10-11,14,17-21H2,1-2H3/t24-/m1/s1. The number of carbonyl (C=O) groups is 3. The summed E-state index contributed by atoms with van der Waals surface area (Å²) in [6.07, 6.45) is 4.57. The smallest absolute Gasteiger partial charge is 0.248 e. The van der Waals surface area contributed by atoms with Crippen molar-refractivity contribution in [1.82, 2.24) is 19.7 Å². The zero-order valence-corrected chi connectivity index (χ0v) is 20.8. The van der Waals surface area contributed by atoms with Crippen LogP contribution in [-0.4, -0.2) is 89.4 Å². The van der Waals surface area contributed by atoms with Crippen LogP contribution < -0.4 is 0 Å². The van der Waals surface area contributed by atoms with Crippen molar-refractivity contribution in [3.8, 4) is 0 Å². The highest BCUT2D eigenvalue weighted by Gasteiger charge is 2.31. The highest BCUT2D eigenvalue weighted by molar-refractivity contribution is 5.85. The van der Waals surface area contributed by atoms with Crippen LogP contribution in [0, 0.1) is 0 Å². The molecule has 8 heteroatoms. The van der Waals surface area contributed by atoms with Gasteiger partial charge in [-0.1, -0.05) is 30.3 Å². The summed E-state index contributed by atoms with van der Waals surface area (Å²) in [5, 5.41) is 0. The van der Waals surface area contributed by atoms with Crippen molar-refractivity contribution in [3.63, 3.8) is 0 Å². The maximum absolute atomic E-state index is 13.1. The van der Waals surface area contributed by atoms with Crippen LogP contribution in [0.4, 0.5) is 0 Å². The first-order valence-electron chi connectivity index (χ1n) is 12.4. The molecule has 2 aromatic rings. The summed E-state index contributed by atoms with van der Waals surface area (Å²) in [5.74, 6) is -0.278. The number of rotatable bonds is 11. The SMILES string of the molecule is CCN(CC)C(=O)CO[C@@H]1CN(CCc2ccccc2)C(=O)CN(C(=O)CCc2ccncc2)C1. The lowest BCUT2D eigenvalue weighted by atomic mass is 10.1. The van der Waals surface area contributed by atoms with E-state index in [1.54, 1.807) is 27.1 Å². The quantitative estimate of drug-likeness (QED) is 0.492. The molecule has 0 N–H and O–H groups in total. The van der Waals surface area contributed by atoms with Crippen LogP contribution in [0.3, 0.4) is 0 Å². The summed E-state index contributed by atoms with van der Waals surface area (Å²) < 4.78 is 6.00. The Morgan fingerprint density at radius 3 is 2.37 bits per heavy atom. The zero-order valence-electron chi connectivity index (χ0n) is 20.8. The Bertz CT molecular complexity index is 950. The average Bonchev–Trinajstić information content (AvgIpc) is 3.05. The largest absolute Gasteiger partial charge is 0.365 e. The fourth-order valence-corrected chi connectivity index (χ4v) is 4.21. The molecule has 3 rings (SSSR count). The predicted molar refractivity (Wildman–Crippen MR) is 134 cm³/mol. The first kappa shape index (κ1) is 26.3. The Kier molecular flexibility index (Phi) is 10.2. The fraction of sp³-hybridized carbons (Fsp3) is 0.481. The first-order chi connectivity index (χ1) is 17.0. The van der Waals surface area contributed by atoms with Crippen LogP contribution in [0.5, 0.6) is 0 Å². The lowest BCUT2D eigenvalue weighted by molar-refractivity contribution is -0.139. The molecule has 188 valence electrons. The Morgan fingerprint density at radius 1 is 1.00 bits per heavy atom.